The van der Waals surface area contributed by atoms with E-state index in [4.69, 9.17) is 9.47 Å². The number of carbonyl (C=O) groups excluding carboxylic acids is 1. The molecule has 1 N–H and O–H groups in total. The van der Waals surface area contributed by atoms with Gasteiger partial charge in [0.2, 0.25) is 5.78 Å². The number of ether oxygens (including phenoxy) is 2. The zero-order chi connectivity index (χ0) is 16.5. The fourth-order valence-electron chi connectivity index (χ4n) is 2.97. The number of benzene rings is 2. The summed E-state index contributed by atoms with van der Waals surface area (Å²) >= 11 is 0. The molecule has 2 aromatic carbocycles. The summed E-state index contributed by atoms with van der Waals surface area (Å²) in [6, 6.07) is 18.8. The van der Waals surface area contributed by atoms with E-state index in [2.05, 4.69) is 0 Å². The minimum Gasteiger partial charge on any atom is -0.490 e. The van der Waals surface area contributed by atoms with Gasteiger partial charge in [-0.3, -0.25) is 4.79 Å². The Morgan fingerprint density at radius 1 is 1.00 bits per heavy atom. The SMILES string of the molecule is O=C1C(c2ccccc2)=C2OC[C@@H](O)[C@H]2O/C1=C\c1ccccc1. The molecule has 1 fully saturated rings. The third kappa shape index (κ3) is 2.51. The number of rotatable bonds is 2. The summed E-state index contributed by atoms with van der Waals surface area (Å²) in [6.45, 7) is 0.127. The lowest BCUT2D eigenvalue weighted by Gasteiger charge is -2.25. The normalized spacial score (nSPS) is 24.5. The fraction of sp³-hybridized carbons (Fsp3) is 0.150. The highest BCUT2D eigenvalue weighted by atomic mass is 16.6. The van der Waals surface area contributed by atoms with E-state index in [9.17, 15) is 9.90 Å². The van der Waals surface area contributed by atoms with Gasteiger partial charge in [-0.05, 0) is 17.2 Å². The van der Waals surface area contributed by atoms with E-state index < -0.39 is 12.2 Å². The number of allylic oxidation sites excluding steroid dienone is 1. The van der Waals surface area contributed by atoms with Crippen LogP contribution in [0.25, 0.3) is 11.6 Å². The Hall–Kier alpha value is -2.85. The molecule has 0 radical (unpaired) electrons. The van der Waals surface area contributed by atoms with Crippen LogP contribution in [-0.2, 0) is 14.3 Å². The summed E-state index contributed by atoms with van der Waals surface area (Å²) < 4.78 is 11.3. The van der Waals surface area contributed by atoms with E-state index in [1.807, 2.05) is 60.7 Å². The van der Waals surface area contributed by atoms with Crippen molar-refractivity contribution < 1.29 is 19.4 Å². The predicted octanol–water partition coefficient (Wildman–Crippen LogP) is 2.80. The molecule has 0 spiro atoms. The average molecular weight is 320 g/mol. The Morgan fingerprint density at radius 3 is 2.38 bits per heavy atom. The molecule has 0 amide bonds. The summed E-state index contributed by atoms with van der Waals surface area (Å²) in [7, 11) is 0. The predicted molar refractivity (Wildman–Crippen MR) is 89.6 cm³/mol. The van der Waals surface area contributed by atoms with Crippen molar-refractivity contribution in [1.82, 2.24) is 0 Å². The summed E-state index contributed by atoms with van der Waals surface area (Å²) in [6.07, 6.45) is 0.270. The zero-order valence-electron chi connectivity index (χ0n) is 12.9. The molecule has 0 bridgehead atoms. The van der Waals surface area contributed by atoms with Gasteiger partial charge in [0.15, 0.2) is 17.6 Å². The van der Waals surface area contributed by atoms with Crippen molar-refractivity contribution in [1.29, 1.82) is 0 Å². The maximum Gasteiger partial charge on any atom is 0.231 e. The Kier molecular flexibility index (Phi) is 3.67. The van der Waals surface area contributed by atoms with Gasteiger partial charge in [0.1, 0.15) is 12.7 Å². The van der Waals surface area contributed by atoms with Gasteiger partial charge in [-0.1, -0.05) is 60.7 Å². The fourth-order valence-corrected chi connectivity index (χ4v) is 2.97. The highest BCUT2D eigenvalue weighted by Gasteiger charge is 2.44. The first-order valence-corrected chi connectivity index (χ1v) is 7.82. The monoisotopic (exact) mass is 320 g/mol. The second-order valence-corrected chi connectivity index (χ2v) is 5.77. The van der Waals surface area contributed by atoms with E-state index in [1.54, 1.807) is 6.08 Å². The van der Waals surface area contributed by atoms with E-state index in [0.717, 1.165) is 11.1 Å². The molecule has 2 atom stereocenters. The maximum atomic E-state index is 13.0. The summed E-state index contributed by atoms with van der Waals surface area (Å²) in [5, 5.41) is 10.1. The molecule has 2 aliphatic rings. The minimum atomic E-state index is -0.786. The molecule has 4 nitrogen and oxygen atoms in total. The van der Waals surface area contributed by atoms with Gasteiger partial charge >= 0.3 is 0 Å². The lowest BCUT2D eigenvalue weighted by atomic mass is 9.94. The number of fused-ring (bicyclic) bond motifs is 1. The Labute approximate surface area is 139 Å². The first kappa shape index (κ1) is 14.7. The number of Topliss-reactive ketones (excluding diaryl/α,β-unsaturated/α-hetero) is 1. The highest BCUT2D eigenvalue weighted by molar-refractivity contribution is 6.30. The maximum absolute atomic E-state index is 13.0. The second-order valence-electron chi connectivity index (χ2n) is 5.77. The van der Waals surface area contributed by atoms with Gasteiger partial charge in [0, 0.05) is 0 Å². The van der Waals surface area contributed by atoms with Crippen LogP contribution >= 0.6 is 0 Å². The van der Waals surface area contributed by atoms with Crippen LogP contribution in [0.5, 0.6) is 0 Å². The molecule has 0 unspecified atom stereocenters. The summed E-state index contributed by atoms with van der Waals surface area (Å²) in [5.41, 5.74) is 2.09. The third-order valence-corrected chi connectivity index (χ3v) is 4.13. The molecule has 4 heteroatoms. The van der Waals surface area contributed by atoms with Crippen LogP contribution in [0.4, 0.5) is 0 Å². The lowest BCUT2D eigenvalue weighted by Crippen LogP contribution is -2.32. The quantitative estimate of drug-likeness (QED) is 0.865. The van der Waals surface area contributed by atoms with Gasteiger partial charge in [-0.15, -0.1) is 0 Å². The number of aliphatic hydroxyl groups excluding tert-OH is 1. The van der Waals surface area contributed by atoms with Crippen LogP contribution in [-0.4, -0.2) is 29.7 Å². The lowest BCUT2D eigenvalue weighted by molar-refractivity contribution is -0.116. The molecule has 0 aromatic heterocycles. The molecule has 2 aliphatic heterocycles. The van der Waals surface area contributed by atoms with Crippen molar-refractivity contribution in [3.63, 3.8) is 0 Å². The summed E-state index contributed by atoms with van der Waals surface area (Å²) in [5.74, 6) is 0.410. The molecular formula is C20H16O4. The van der Waals surface area contributed by atoms with Crippen molar-refractivity contribution in [3.8, 4) is 0 Å². The number of hydrogen-bond donors (Lipinski definition) is 1. The van der Waals surface area contributed by atoms with E-state index in [-0.39, 0.29) is 18.1 Å². The van der Waals surface area contributed by atoms with Crippen LogP contribution in [0.2, 0.25) is 0 Å². The van der Waals surface area contributed by atoms with Crippen LogP contribution in [0.15, 0.2) is 72.2 Å². The summed E-state index contributed by atoms with van der Waals surface area (Å²) in [4.78, 5) is 13.0. The van der Waals surface area contributed by atoms with Gasteiger partial charge in [0.25, 0.3) is 0 Å². The zero-order valence-corrected chi connectivity index (χ0v) is 12.9. The van der Waals surface area contributed by atoms with Gasteiger partial charge in [-0.25, -0.2) is 0 Å². The Balaban J connectivity index is 1.82. The van der Waals surface area contributed by atoms with Crippen LogP contribution in [0.1, 0.15) is 11.1 Å². The topological polar surface area (TPSA) is 55.8 Å². The molecule has 1 saturated heterocycles. The standard InChI is InChI=1S/C20H16O4/c21-15-12-23-20-17(14-9-5-2-6-10-14)18(22)16(24-19(15)20)11-13-7-3-1-4-8-13/h1-11,15,19,21H,12H2/b16-11-/t15-,19-/m1/s1. The largest absolute Gasteiger partial charge is 0.490 e. The average Bonchev–Trinajstić information content (AvgIpc) is 2.98. The van der Waals surface area contributed by atoms with Crippen molar-refractivity contribution >= 4 is 17.4 Å². The Bertz CT molecular complexity index is 821. The third-order valence-electron chi connectivity index (χ3n) is 4.13. The van der Waals surface area contributed by atoms with Gasteiger partial charge in [-0.2, -0.15) is 0 Å². The van der Waals surface area contributed by atoms with Crippen molar-refractivity contribution in [2.45, 2.75) is 12.2 Å². The highest BCUT2D eigenvalue weighted by Crippen LogP contribution is 2.38. The van der Waals surface area contributed by atoms with Crippen LogP contribution in [0, 0.1) is 0 Å². The second kappa shape index (κ2) is 5.98. The van der Waals surface area contributed by atoms with Crippen LogP contribution < -0.4 is 0 Å². The van der Waals surface area contributed by atoms with Crippen molar-refractivity contribution in [3.05, 3.63) is 83.3 Å². The first-order valence-electron chi connectivity index (χ1n) is 7.82. The molecule has 0 aliphatic carbocycles. The number of ketones is 1. The molecule has 0 saturated carbocycles. The van der Waals surface area contributed by atoms with Crippen molar-refractivity contribution in [2.24, 2.45) is 0 Å². The Morgan fingerprint density at radius 2 is 1.67 bits per heavy atom. The van der Waals surface area contributed by atoms with E-state index in [0.29, 0.717) is 11.3 Å². The smallest absolute Gasteiger partial charge is 0.231 e. The number of aliphatic hydroxyl groups is 1. The van der Waals surface area contributed by atoms with Gasteiger partial charge in [0.05, 0.1) is 5.57 Å². The van der Waals surface area contributed by atoms with Gasteiger partial charge < -0.3 is 14.6 Å². The minimum absolute atomic E-state index is 0.127. The van der Waals surface area contributed by atoms with Crippen LogP contribution in [0.3, 0.4) is 0 Å². The number of hydrogen-bond acceptors (Lipinski definition) is 4. The van der Waals surface area contributed by atoms with E-state index >= 15 is 0 Å². The number of carbonyl (C=O) groups is 1. The first-order chi connectivity index (χ1) is 11.7. The molecule has 24 heavy (non-hydrogen) atoms. The van der Waals surface area contributed by atoms with Crippen molar-refractivity contribution in [2.75, 3.05) is 6.61 Å². The molecule has 2 heterocycles. The molecule has 120 valence electrons. The molecule has 4 rings (SSSR count). The molecular weight excluding hydrogens is 304 g/mol. The molecule has 2 aromatic rings. The van der Waals surface area contributed by atoms with E-state index in [1.165, 1.54) is 0 Å².